The highest BCUT2D eigenvalue weighted by Crippen LogP contribution is 2.24. The third-order valence-corrected chi connectivity index (χ3v) is 2.44. The molecule has 0 amide bonds. The van der Waals surface area contributed by atoms with Gasteiger partial charge in [0.15, 0.2) is 5.13 Å². The lowest BCUT2D eigenvalue weighted by molar-refractivity contribution is 1.17. The van der Waals surface area contributed by atoms with Crippen molar-refractivity contribution in [2.45, 2.75) is 13.3 Å². The maximum Gasteiger partial charge on any atom is 0.181 e. The van der Waals surface area contributed by atoms with Crippen molar-refractivity contribution >= 4 is 28.1 Å². The molecule has 0 aliphatic rings. The molecule has 0 aliphatic carbocycles. The number of aromatic nitrogens is 1. The highest BCUT2D eigenvalue weighted by Gasteiger charge is 2.02. The summed E-state index contributed by atoms with van der Waals surface area (Å²) in [5, 5.41) is 1.11. The first kappa shape index (κ1) is 6.83. The molecule has 50 valence electrons. The first-order chi connectivity index (χ1) is 4.24. The molecule has 2 N–H and O–H groups in total. The van der Waals surface area contributed by atoms with Crippen molar-refractivity contribution < 1.29 is 0 Å². The number of nitrogen functional groups attached to an aromatic ring is 1. The summed E-state index contributed by atoms with van der Waals surface area (Å²) in [6.07, 6.45) is 0.910. The summed E-state index contributed by atoms with van der Waals surface area (Å²) in [5.74, 6) is 0. The molecule has 0 radical (unpaired) electrons. The number of rotatable bonds is 1. The average molecular weight is 163 g/mol. The molecule has 9 heavy (non-hydrogen) atoms. The van der Waals surface area contributed by atoms with Crippen molar-refractivity contribution in [1.82, 2.24) is 4.98 Å². The zero-order valence-electron chi connectivity index (χ0n) is 5.02. The summed E-state index contributed by atoms with van der Waals surface area (Å²) in [6, 6.07) is 0. The van der Waals surface area contributed by atoms with E-state index >= 15 is 0 Å². The molecule has 0 atom stereocenters. The molecule has 0 fully saturated rings. The Morgan fingerprint density at radius 1 is 1.78 bits per heavy atom. The van der Waals surface area contributed by atoms with Crippen LogP contribution in [0.5, 0.6) is 0 Å². The lowest BCUT2D eigenvalue weighted by Gasteiger charge is -1.82. The van der Waals surface area contributed by atoms with Crippen LogP contribution >= 0.6 is 22.9 Å². The second-order valence-corrected chi connectivity index (χ2v) is 3.09. The van der Waals surface area contributed by atoms with Gasteiger partial charge in [0.2, 0.25) is 0 Å². The summed E-state index contributed by atoms with van der Waals surface area (Å²) in [7, 11) is 0. The number of anilines is 1. The topological polar surface area (TPSA) is 38.9 Å². The lowest BCUT2D eigenvalue weighted by atomic mass is 10.4. The number of hydrogen-bond acceptors (Lipinski definition) is 3. The zero-order valence-corrected chi connectivity index (χ0v) is 6.59. The van der Waals surface area contributed by atoms with Crippen LogP contribution in [0.3, 0.4) is 0 Å². The van der Waals surface area contributed by atoms with E-state index in [0.29, 0.717) is 10.3 Å². The SMILES string of the molecule is CCc1sc(N)nc1Cl. The van der Waals surface area contributed by atoms with Gasteiger partial charge in [-0.15, -0.1) is 11.3 Å². The van der Waals surface area contributed by atoms with E-state index in [1.54, 1.807) is 0 Å². The van der Waals surface area contributed by atoms with Gasteiger partial charge in [0, 0.05) is 4.88 Å². The smallest absolute Gasteiger partial charge is 0.181 e. The van der Waals surface area contributed by atoms with Crippen LogP contribution in [0.4, 0.5) is 5.13 Å². The normalized spacial score (nSPS) is 10.0. The Kier molecular flexibility index (Phi) is 1.93. The van der Waals surface area contributed by atoms with Crippen LogP contribution in [-0.4, -0.2) is 4.98 Å². The summed E-state index contributed by atoms with van der Waals surface area (Å²) in [4.78, 5) is 4.91. The van der Waals surface area contributed by atoms with Crippen LogP contribution in [-0.2, 0) is 6.42 Å². The average Bonchev–Trinajstić information content (AvgIpc) is 2.10. The quantitative estimate of drug-likeness (QED) is 0.686. The first-order valence-electron chi connectivity index (χ1n) is 2.64. The van der Waals surface area contributed by atoms with E-state index in [-0.39, 0.29) is 0 Å². The molecule has 0 saturated carbocycles. The Labute approximate surface area is 62.7 Å². The molecule has 4 heteroatoms. The molecule has 0 unspecified atom stereocenters. The van der Waals surface area contributed by atoms with Crippen molar-refractivity contribution in [3.63, 3.8) is 0 Å². The van der Waals surface area contributed by atoms with Crippen molar-refractivity contribution in [2.24, 2.45) is 0 Å². The number of halogens is 1. The maximum atomic E-state index is 5.66. The predicted octanol–water partition coefficient (Wildman–Crippen LogP) is 1.94. The van der Waals surface area contributed by atoms with E-state index in [1.807, 2.05) is 6.92 Å². The van der Waals surface area contributed by atoms with E-state index in [9.17, 15) is 0 Å². The van der Waals surface area contributed by atoms with Gasteiger partial charge in [-0.05, 0) is 6.42 Å². The zero-order chi connectivity index (χ0) is 6.85. The highest BCUT2D eigenvalue weighted by atomic mass is 35.5. The molecule has 0 aromatic carbocycles. The fourth-order valence-electron chi connectivity index (χ4n) is 0.568. The Hall–Kier alpha value is -0.280. The van der Waals surface area contributed by atoms with E-state index < -0.39 is 0 Å². The molecule has 2 nitrogen and oxygen atoms in total. The minimum Gasteiger partial charge on any atom is -0.375 e. The minimum atomic E-state index is 0.553. The molecule has 1 heterocycles. The van der Waals surface area contributed by atoms with Crippen molar-refractivity contribution in [1.29, 1.82) is 0 Å². The third kappa shape index (κ3) is 1.34. The third-order valence-electron chi connectivity index (χ3n) is 0.987. The van der Waals surface area contributed by atoms with Gasteiger partial charge in [0.05, 0.1) is 0 Å². The van der Waals surface area contributed by atoms with Crippen LogP contribution < -0.4 is 5.73 Å². The van der Waals surface area contributed by atoms with Crippen LogP contribution in [0.25, 0.3) is 0 Å². The monoisotopic (exact) mass is 162 g/mol. The van der Waals surface area contributed by atoms with Crippen molar-refractivity contribution in [3.05, 3.63) is 10.0 Å². The van der Waals surface area contributed by atoms with Gasteiger partial charge < -0.3 is 5.73 Å². The fourth-order valence-corrected chi connectivity index (χ4v) is 1.62. The molecule has 0 spiro atoms. The minimum absolute atomic E-state index is 0.553. The van der Waals surface area contributed by atoms with Crippen LogP contribution in [0, 0.1) is 0 Å². The number of nitrogens with two attached hydrogens (primary N) is 1. The van der Waals surface area contributed by atoms with Gasteiger partial charge in [0.1, 0.15) is 5.15 Å². The van der Waals surface area contributed by atoms with E-state index in [0.717, 1.165) is 11.3 Å². The van der Waals surface area contributed by atoms with Crippen LogP contribution in [0.1, 0.15) is 11.8 Å². The Morgan fingerprint density at radius 2 is 2.44 bits per heavy atom. The van der Waals surface area contributed by atoms with Gasteiger partial charge >= 0.3 is 0 Å². The predicted molar refractivity (Wildman–Crippen MR) is 40.9 cm³/mol. The molecule has 1 rings (SSSR count). The van der Waals surface area contributed by atoms with Crippen molar-refractivity contribution in [3.8, 4) is 0 Å². The Bertz CT molecular complexity index is 209. The largest absolute Gasteiger partial charge is 0.375 e. The van der Waals surface area contributed by atoms with E-state index in [2.05, 4.69) is 4.98 Å². The molecule has 0 saturated heterocycles. The summed E-state index contributed by atoms with van der Waals surface area (Å²) < 4.78 is 0. The second-order valence-electron chi connectivity index (χ2n) is 1.62. The molecule has 0 aliphatic heterocycles. The number of nitrogens with zero attached hydrogens (tertiary/aromatic N) is 1. The van der Waals surface area contributed by atoms with E-state index in [4.69, 9.17) is 17.3 Å². The molecule has 1 aromatic rings. The van der Waals surface area contributed by atoms with Gasteiger partial charge in [-0.1, -0.05) is 18.5 Å². The summed E-state index contributed by atoms with van der Waals surface area (Å²) in [6.45, 7) is 2.03. The first-order valence-corrected chi connectivity index (χ1v) is 3.84. The number of aryl methyl sites for hydroxylation is 1. The second kappa shape index (κ2) is 2.54. The number of thiazole rings is 1. The van der Waals surface area contributed by atoms with Gasteiger partial charge in [-0.2, -0.15) is 0 Å². The maximum absolute atomic E-state index is 5.66. The highest BCUT2D eigenvalue weighted by molar-refractivity contribution is 7.15. The standard InChI is InChI=1S/C5H7ClN2S/c1-2-3-4(6)8-5(7)9-3/h2H2,1H3,(H2,7,8). The lowest BCUT2D eigenvalue weighted by Crippen LogP contribution is -1.78. The van der Waals surface area contributed by atoms with Crippen LogP contribution in [0.2, 0.25) is 5.15 Å². The molecular formula is C5H7ClN2S. The molecular weight excluding hydrogens is 156 g/mol. The van der Waals surface area contributed by atoms with Gasteiger partial charge in [-0.3, -0.25) is 0 Å². The Morgan fingerprint density at radius 3 is 2.67 bits per heavy atom. The molecule has 0 bridgehead atoms. The Balaban J connectivity index is 3.01. The van der Waals surface area contributed by atoms with E-state index in [1.165, 1.54) is 11.3 Å². The number of hydrogen-bond donors (Lipinski definition) is 1. The molecule has 1 aromatic heterocycles. The van der Waals surface area contributed by atoms with Gasteiger partial charge in [-0.25, -0.2) is 4.98 Å². The van der Waals surface area contributed by atoms with Gasteiger partial charge in [0.25, 0.3) is 0 Å². The van der Waals surface area contributed by atoms with Crippen molar-refractivity contribution in [2.75, 3.05) is 5.73 Å². The summed E-state index contributed by atoms with van der Waals surface area (Å²) >= 11 is 7.11. The fraction of sp³-hybridized carbons (Fsp3) is 0.400. The van der Waals surface area contributed by atoms with Crippen LogP contribution in [0.15, 0.2) is 0 Å². The summed E-state index contributed by atoms with van der Waals surface area (Å²) in [5.41, 5.74) is 5.38.